The van der Waals surface area contributed by atoms with Crippen LogP contribution in [0.1, 0.15) is 32.1 Å². The average Bonchev–Trinajstić information content (AvgIpc) is 3.83. The van der Waals surface area contributed by atoms with Gasteiger partial charge in [0.05, 0.1) is 25.8 Å². The third-order valence-corrected chi connectivity index (χ3v) is 10.3. The quantitative estimate of drug-likeness (QED) is 0.516. The topological polar surface area (TPSA) is 163 Å². The number of pyridine rings is 1. The summed E-state index contributed by atoms with van der Waals surface area (Å²) in [5.74, 6) is -1.89. The van der Waals surface area contributed by atoms with Crippen LogP contribution in [0.15, 0.2) is 18.3 Å². The number of amides is 4. The molecule has 2 aliphatic carbocycles. The van der Waals surface area contributed by atoms with Crippen molar-refractivity contribution in [1.29, 1.82) is 5.26 Å². The van der Waals surface area contributed by atoms with Crippen molar-refractivity contribution in [3.05, 3.63) is 18.3 Å². The molecule has 5 fully saturated rings. The predicted molar refractivity (Wildman–Crippen MR) is 144 cm³/mol. The second kappa shape index (κ2) is 10.3. The molecule has 0 radical (unpaired) electrons. The summed E-state index contributed by atoms with van der Waals surface area (Å²) >= 11 is 0. The lowest BCUT2D eigenvalue weighted by molar-refractivity contribution is -0.149. The lowest BCUT2D eigenvalue weighted by Gasteiger charge is -2.37. The van der Waals surface area contributed by atoms with Gasteiger partial charge in [0, 0.05) is 25.8 Å². The number of likely N-dealkylation sites (tertiary alicyclic amines) is 2. The summed E-state index contributed by atoms with van der Waals surface area (Å²) in [6, 6.07) is 2.25. The largest absolute Gasteiger partial charge is 0.472 e. The number of alkyl halides is 1. The van der Waals surface area contributed by atoms with E-state index < -0.39 is 71.7 Å². The Morgan fingerprint density at radius 3 is 2.88 bits per heavy atom. The molecule has 14 heteroatoms. The molecule has 6 aliphatic rings. The van der Waals surface area contributed by atoms with Gasteiger partial charge in [-0.2, -0.15) is 5.26 Å². The molecule has 10 atom stereocenters. The molecule has 5 heterocycles. The van der Waals surface area contributed by atoms with E-state index in [-0.39, 0.29) is 37.2 Å². The lowest BCUT2D eigenvalue weighted by atomic mass is 9.77. The van der Waals surface area contributed by atoms with Gasteiger partial charge in [-0.15, -0.1) is 0 Å². The lowest BCUT2D eigenvalue weighted by Crippen LogP contribution is -2.60. The molecule has 4 amide bonds. The smallest absolute Gasteiger partial charge is 0.407 e. The summed E-state index contributed by atoms with van der Waals surface area (Å²) in [6.45, 7) is 0.438. The first-order valence-corrected chi connectivity index (χ1v) is 14.8. The molecule has 3 saturated heterocycles. The van der Waals surface area contributed by atoms with E-state index in [0.717, 1.165) is 0 Å². The van der Waals surface area contributed by atoms with Gasteiger partial charge in [0.2, 0.25) is 17.4 Å². The van der Waals surface area contributed by atoms with Crippen LogP contribution in [-0.4, -0.2) is 101 Å². The summed E-state index contributed by atoms with van der Waals surface area (Å²) in [6.07, 6.45) is 1.20. The first-order chi connectivity index (χ1) is 20.7. The van der Waals surface area contributed by atoms with Crippen LogP contribution in [0, 0.1) is 35.0 Å². The molecule has 2 bridgehead atoms. The summed E-state index contributed by atoms with van der Waals surface area (Å²) < 4.78 is 31.9. The van der Waals surface area contributed by atoms with Crippen LogP contribution in [-0.2, 0) is 23.9 Å². The van der Waals surface area contributed by atoms with Crippen LogP contribution in [0.2, 0.25) is 0 Å². The van der Waals surface area contributed by atoms with Gasteiger partial charge in [0.15, 0.2) is 11.6 Å². The van der Waals surface area contributed by atoms with Gasteiger partial charge >= 0.3 is 6.09 Å². The van der Waals surface area contributed by atoms with E-state index in [1.807, 2.05) is 0 Å². The van der Waals surface area contributed by atoms with Crippen LogP contribution in [0.3, 0.4) is 0 Å². The van der Waals surface area contributed by atoms with Crippen molar-refractivity contribution < 1.29 is 37.8 Å². The van der Waals surface area contributed by atoms with Gasteiger partial charge in [0.25, 0.3) is 5.91 Å². The monoisotopic (exact) mass is 596 g/mol. The molecule has 1 aromatic rings. The van der Waals surface area contributed by atoms with E-state index in [1.54, 1.807) is 12.1 Å². The summed E-state index contributed by atoms with van der Waals surface area (Å²) in [5.41, 5.74) is -1.52. The van der Waals surface area contributed by atoms with E-state index in [0.29, 0.717) is 38.0 Å². The van der Waals surface area contributed by atoms with Crippen molar-refractivity contribution >= 4 is 29.6 Å². The van der Waals surface area contributed by atoms with Gasteiger partial charge < -0.3 is 34.6 Å². The van der Waals surface area contributed by atoms with E-state index in [1.165, 1.54) is 23.1 Å². The Morgan fingerprint density at radius 2 is 2.14 bits per heavy atom. The molecular formula is C29H33FN6O7. The highest BCUT2D eigenvalue weighted by Gasteiger charge is 2.65. The Balaban J connectivity index is 1.22. The van der Waals surface area contributed by atoms with E-state index in [9.17, 15) is 24.4 Å². The maximum atomic E-state index is 15.2. The highest BCUT2D eigenvalue weighted by atomic mass is 19.1. The number of methoxy groups -OCH3 is 1. The minimum absolute atomic E-state index is 0.0287. The summed E-state index contributed by atoms with van der Waals surface area (Å²) in [7, 11) is 1.20. The molecule has 43 heavy (non-hydrogen) atoms. The number of halogens is 1. The third kappa shape index (κ3) is 4.30. The Bertz CT molecular complexity index is 1400. The molecular weight excluding hydrogens is 563 g/mol. The fourth-order valence-electron chi connectivity index (χ4n) is 8.47. The number of ether oxygens (including phenoxy) is 3. The molecule has 7 rings (SSSR count). The molecule has 13 nitrogen and oxygen atoms in total. The Hall–Kier alpha value is -3.99. The number of fused-ring (bicyclic) bond motifs is 6. The Labute approximate surface area is 247 Å². The normalized spacial score (nSPS) is 37.7. The van der Waals surface area contributed by atoms with Crippen molar-refractivity contribution in [3.8, 4) is 11.8 Å². The Kier molecular flexibility index (Phi) is 6.68. The number of nitrogens with one attached hydrogen (secondary N) is 2. The fourth-order valence-corrected chi connectivity index (χ4v) is 8.47. The molecule has 2 saturated carbocycles. The summed E-state index contributed by atoms with van der Waals surface area (Å²) in [5, 5.41) is 15.5. The zero-order valence-corrected chi connectivity index (χ0v) is 23.6. The van der Waals surface area contributed by atoms with Crippen molar-refractivity contribution in [2.75, 3.05) is 32.1 Å². The van der Waals surface area contributed by atoms with Gasteiger partial charge in [0.1, 0.15) is 24.3 Å². The van der Waals surface area contributed by atoms with Crippen LogP contribution < -0.4 is 15.4 Å². The number of hydrogen-bond donors (Lipinski definition) is 2. The summed E-state index contributed by atoms with van der Waals surface area (Å²) in [4.78, 5) is 61.3. The van der Waals surface area contributed by atoms with E-state index >= 15 is 4.39 Å². The van der Waals surface area contributed by atoms with E-state index in [2.05, 4.69) is 21.7 Å². The van der Waals surface area contributed by atoms with Crippen LogP contribution >= 0.6 is 0 Å². The first kappa shape index (κ1) is 27.8. The molecule has 228 valence electrons. The van der Waals surface area contributed by atoms with Crippen molar-refractivity contribution in [1.82, 2.24) is 20.1 Å². The second-order valence-corrected chi connectivity index (χ2v) is 12.5. The van der Waals surface area contributed by atoms with Crippen molar-refractivity contribution in [2.24, 2.45) is 23.7 Å². The molecule has 0 aromatic carbocycles. The first-order valence-electron chi connectivity index (χ1n) is 14.8. The Morgan fingerprint density at radius 1 is 1.30 bits per heavy atom. The second-order valence-electron chi connectivity index (χ2n) is 12.5. The van der Waals surface area contributed by atoms with Gasteiger partial charge in [-0.25, -0.2) is 14.2 Å². The minimum atomic E-state index is -1.52. The maximum absolute atomic E-state index is 15.2. The SMILES string of the molecule is COC(=O)NC(C(=O)N1CC2C3CC(F)C(C3)C2C1C(=O)N1CC2(CC1C#N)Oc1cccnc1NC2=O)C1CCCO1. The molecule has 4 aliphatic heterocycles. The third-order valence-electron chi connectivity index (χ3n) is 10.3. The van der Waals surface area contributed by atoms with Crippen LogP contribution in [0.4, 0.5) is 15.0 Å². The number of hydrogen-bond acceptors (Lipinski definition) is 9. The number of nitriles is 1. The molecule has 2 N–H and O–H groups in total. The van der Waals surface area contributed by atoms with Gasteiger partial charge in [-0.05, 0) is 61.5 Å². The number of carbonyl (C=O) groups is 4. The van der Waals surface area contributed by atoms with Crippen molar-refractivity contribution in [3.63, 3.8) is 0 Å². The predicted octanol–water partition coefficient (Wildman–Crippen LogP) is 1.00. The number of anilines is 1. The fraction of sp³-hybridized carbons (Fsp3) is 0.655. The standard InChI is InChI=1S/C29H33FN6O7/c1-41-28(40)33-22(19-5-3-7-42-19)25(37)35-12-17-14-8-16(18(30)9-14)21(17)23(35)26(38)36-13-29(10-15(36)11-31)27(39)34-24-20(43-29)4-2-6-32-24/h2,4,6,14-19,21-23H,3,5,7-10,12-13H2,1H3,(H,33,40)(H,32,34,39). The maximum Gasteiger partial charge on any atom is 0.407 e. The molecule has 10 unspecified atom stereocenters. The number of alkyl carbamates (subject to hydrolysis) is 1. The van der Waals surface area contributed by atoms with Gasteiger partial charge in [-0.3, -0.25) is 14.4 Å². The zero-order chi connectivity index (χ0) is 30.0. The average molecular weight is 597 g/mol. The zero-order valence-electron chi connectivity index (χ0n) is 23.6. The van der Waals surface area contributed by atoms with Crippen LogP contribution in [0.25, 0.3) is 0 Å². The molecule has 1 spiro atoms. The van der Waals surface area contributed by atoms with Crippen LogP contribution in [0.5, 0.6) is 5.75 Å². The number of aromatic nitrogens is 1. The highest BCUT2D eigenvalue weighted by molar-refractivity contribution is 6.01. The minimum Gasteiger partial charge on any atom is -0.472 e. The van der Waals surface area contributed by atoms with Crippen molar-refractivity contribution in [2.45, 2.75) is 68.1 Å². The highest BCUT2D eigenvalue weighted by Crippen LogP contribution is 2.59. The number of rotatable bonds is 4. The number of nitrogens with zero attached hydrogens (tertiary/aromatic N) is 4. The molecule has 1 aromatic heterocycles. The number of carbonyl (C=O) groups excluding carboxylic acids is 4. The van der Waals surface area contributed by atoms with E-state index in [4.69, 9.17) is 14.2 Å². The van der Waals surface area contributed by atoms with Gasteiger partial charge in [-0.1, -0.05) is 0 Å².